The summed E-state index contributed by atoms with van der Waals surface area (Å²) in [6.07, 6.45) is 1.69. The maximum Gasteiger partial charge on any atom is 0.223 e. The van der Waals surface area contributed by atoms with Crippen molar-refractivity contribution in [3.63, 3.8) is 0 Å². The van der Waals surface area contributed by atoms with Crippen molar-refractivity contribution in [3.05, 3.63) is 53.5 Å². The van der Waals surface area contributed by atoms with Crippen LogP contribution in [0.3, 0.4) is 0 Å². The largest absolute Gasteiger partial charge is 0.438 e. The van der Waals surface area contributed by atoms with Crippen molar-refractivity contribution >= 4 is 0 Å². The van der Waals surface area contributed by atoms with Crippen molar-refractivity contribution in [3.8, 4) is 11.6 Å². The zero-order chi connectivity index (χ0) is 15.2. The summed E-state index contributed by atoms with van der Waals surface area (Å²) in [6.45, 7) is 7.77. The lowest BCUT2D eigenvalue weighted by Crippen LogP contribution is -2.19. The van der Waals surface area contributed by atoms with Crippen molar-refractivity contribution < 1.29 is 9.13 Å². The van der Waals surface area contributed by atoms with E-state index >= 15 is 0 Å². The number of hydrogen-bond acceptors (Lipinski definition) is 3. The van der Waals surface area contributed by atoms with Crippen LogP contribution in [0.2, 0.25) is 0 Å². The molecule has 1 N–H and O–H groups in total. The highest BCUT2D eigenvalue weighted by molar-refractivity contribution is 5.37. The van der Waals surface area contributed by atoms with Gasteiger partial charge in [-0.3, -0.25) is 0 Å². The van der Waals surface area contributed by atoms with Crippen LogP contribution >= 0.6 is 0 Å². The van der Waals surface area contributed by atoms with Gasteiger partial charge in [0.25, 0.3) is 0 Å². The van der Waals surface area contributed by atoms with E-state index in [9.17, 15) is 4.39 Å². The van der Waals surface area contributed by atoms with Gasteiger partial charge in [-0.25, -0.2) is 9.37 Å². The van der Waals surface area contributed by atoms with Crippen LogP contribution in [-0.2, 0) is 6.54 Å². The van der Waals surface area contributed by atoms with Gasteiger partial charge in [0.05, 0.1) is 0 Å². The molecule has 0 aliphatic rings. The van der Waals surface area contributed by atoms with Crippen LogP contribution in [0.4, 0.5) is 4.39 Å². The third-order valence-electron chi connectivity index (χ3n) is 3.06. The van der Waals surface area contributed by atoms with Crippen LogP contribution in [0, 0.1) is 18.7 Å². The Kier molecular flexibility index (Phi) is 5.28. The molecule has 4 heteroatoms. The molecule has 0 amide bonds. The molecule has 0 radical (unpaired) electrons. The molecule has 0 saturated heterocycles. The number of aryl methyl sites for hydroxylation is 1. The minimum absolute atomic E-state index is 0.264. The normalized spacial score (nSPS) is 10.9. The fourth-order valence-corrected chi connectivity index (χ4v) is 1.98. The summed E-state index contributed by atoms with van der Waals surface area (Å²) in [5.74, 6) is 1.51. The topological polar surface area (TPSA) is 34.1 Å². The van der Waals surface area contributed by atoms with E-state index in [0.717, 1.165) is 17.7 Å². The predicted molar refractivity (Wildman–Crippen MR) is 82.0 cm³/mol. The van der Waals surface area contributed by atoms with Crippen molar-refractivity contribution in [1.29, 1.82) is 0 Å². The highest BCUT2D eigenvalue weighted by Crippen LogP contribution is 2.26. The average Bonchev–Trinajstić information content (AvgIpc) is 2.43. The molecule has 1 heterocycles. The maximum atomic E-state index is 13.1. The Hall–Kier alpha value is -1.94. The summed E-state index contributed by atoms with van der Waals surface area (Å²) in [7, 11) is 0. The molecule has 112 valence electrons. The van der Waals surface area contributed by atoms with E-state index in [1.165, 1.54) is 12.1 Å². The highest BCUT2D eigenvalue weighted by atomic mass is 19.1. The number of pyridine rings is 1. The summed E-state index contributed by atoms with van der Waals surface area (Å²) in [5.41, 5.74) is 1.74. The van der Waals surface area contributed by atoms with Crippen LogP contribution in [0.25, 0.3) is 0 Å². The number of nitrogens with one attached hydrogen (secondary N) is 1. The lowest BCUT2D eigenvalue weighted by molar-refractivity contribution is 0.445. The quantitative estimate of drug-likeness (QED) is 0.870. The number of benzene rings is 1. The SMILES string of the molecule is Cc1cc(F)ccc1Oc1ncccc1CNCC(C)C. The molecule has 0 aliphatic heterocycles. The van der Waals surface area contributed by atoms with Crippen LogP contribution in [0.15, 0.2) is 36.5 Å². The molecular formula is C17H21FN2O. The first-order chi connectivity index (χ1) is 10.1. The second-order valence-electron chi connectivity index (χ2n) is 5.50. The van der Waals surface area contributed by atoms with E-state index in [1.807, 2.05) is 19.1 Å². The molecule has 1 aromatic carbocycles. The minimum atomic E-state index is -0.264. The minimum Gasteiger partial charge on any atom is -0.438 e. The first-order valence-corrected chi connectivity index (χ1v) is 7.15. The van der Waals surface area contributed by atoms with E-state index in [-0.39, 0.29) is 5.82 Å². The van der Waals surface area contributed by atoms with Gasteiger partial charge in [-0.2, -0.15) is 0 Å². The van der Waals surface area contributed by atoms with Gasteiger partial charge in [-0.1, -0.05) is 19.9 Å². The number of nitrogens with zero attached hydrogens (tertiary/aromatic N) is 1. The molecule has 2 rings (SSSR count). The summed E-state index contributed by atoms with van der Waals surface area (Å²) in [5, 5.41) is 3.37. The van der Waals surface area contributed by atoms with Gasteiger partial charge in [-0.15, -0.1) is 0 Å². The zero-order valence-corrected chi connectivity index (χ0v) is 12.7. The van der Waals surface area contributed by atoms with E-state index in [0.29, 0.717) is 24.1 Å². The van der Waals surface area contributed by atoms with Crippen LogP contribution in [0.5, 0.6) is 11.6 Å². The molecule has 0 spiro atoms. The Morgan fingerprint density at radius 1 is 1.29 bits per heavy atom. The van der Waals surface area contributed by atoms with Crippen LogP contribution < -0.4 is 10.1 Å². The standard InChI is InChI=1S/C17H21FN2O/c1-12(2)10-19-11-14-5-4-8-20-17(14)21-16-7-6-15(18)9-13(16)3/h4-9,12,19H,10-11H2,1-3H3. The maximum absolute atomic E-state index is 13.1. The van der Waals surface area contributed by atoms with E-state index in [4.69, 9.17) is 4.74 Å². The molecule has 0 bridgehead atoms. The summed E-state index contributed by atoms with van der Waals surface area (Å²) >= 11 is 0. The fourth-order valence-electron chi connectivity index (χ4n) is 1.98. The summed E-state index contributed by atoms with van der Waals surface area (Å²) in [4.78, 5) is 4.28. The number of aromatic nitrogens is 1. The van der Waals surface area contributed by atoms with E-state index in [1.54, 1.807) is 12.3 Å². The molecule has 0 saturated carbocycles. The van der Waals surface area contributed by atoms with Gasteiger partial charge in [0.15, 0.2) is 0 Å². The molecule has 0 unspecified atom stereocenters. The molecule has 1 aromatic heterocycles. The third-order valence-corrected chi connectivity index (χ3v) is 3.06. The second kappa shape index (κ2) is 7.18. The van der Waals surface area contributed by atoms with Crippen LogP contribution in [0.1, 0.15) is 25.0 Å². The van der Waals surface area contributed by atoms with Gasteiger partial charge in [0.2, 0.25) is 5.88 Å². The number of rotatable bonds is 6. The van der Waals surface area contributed by atoms with Gasteiger partial charge < -0.3 is 10.1 Å². The highest BCUT2D eigenvalue weighted by Gasteiger charge is 2.08. The summed E-state index contributed by atoms with van der Waals surface area (Å²) in [6, 6.07) is 8.34. The predicted octanol–water partition coefficient (Wildman–Crippen LogP) is 4.07. The average molecular weight is 288 g/mol. The molecule has 21 heavy (non-hydrogen) atoms. The van der Waals surface area contributed by atoms with Gasteiger partial charge in [-0.05, 0) is 49.2 Å². The smallest absolute Gasteiger partial charge is 0.223 e. The van der Waals surface area contributed by atoms with Crippen molar-refractivity contribution in [2.75, 3.05) is 6.54 Å². The second-order valence-corrected chi connectivity index (χ2v) is 5.50. The molecule has 3 nitrogen and oxygen atoms in total. The molecule has 2 aromatic rings. The van der Waals surface area contributed by atoms with Gasteiger partial charge in [0.1, 0.15) is 11.6 Å². The lowest BCUT2D eigenvalue weighted by Gasteiger charge is -2.13. The fraction of sp³-hybridized carbons (Fsp3) is 0.353. The number of hydrogen-bond donors (Lipinski definition) is 1. The Labute approximate surface area is 125 Å². The number of ether oxygens (including phenoxy) is 1. The molecule has 0 atom stereocenters. The zero-order valence-electron chi connectivity index (χ0n) is 12.7. The Morgan fingerprint density at radius 3 is 2.81 bits per heavy atom. The van der Waals surface area contributed by atoms with Crippen molar-refractivity contribution in [1.82, 2.24) is 10.3 Å². The molecule has 0 aliphatic carbocycles. The van der Waals surface area contributed by atoms with Gasteiger partial charge in [0, 0.05) is 18.3 Å². The van der Waals surface area contributed by atoms with E-state index in [2.05, 4.69) is 24.1 Å². The Balaban J connectivity index is 2.12. The third kappa shape index (κ3) is 4.53. The monoisotopic (exact) mass is 288 g/mol. The van der Waals surface area contributed by atoms with Gasteiger partial charge >= 0.3 is 0 Å². The first-order valence-electron chi connectivity index (χ1n) is 7.15. The first kappa shape index (κ1) is 15.4. The lowest BCUT2D eigenvalue weighted by atomic mass is 10.2. The Morgan fingerprint density at radius 2 is 2.10 bits per heavy atom. The summed E-state index contributed by atoms with van der Waals surface area (Å²) < 4.78 is 19.0. The Bertz CT molecular complexity index is 599. The molecular weight excluding hydrogens is 267 g/mol. The number of halogens is 1. The molecule has 0 fully saturated rings. The van der Waals surface area contributed by atoms with Crippen LogP contribution in [-0.4, -0.2) is 11.5 Å². The van der Waals surface area contributed by atoms with Crippen molar-refractivity contribution in [2.45, 2.75) is 27.3 Å². The van der Waals surface area contributed by atoms with E-state index < -0.39 is 0 Å². The van der Waals surface area contributed by atoms with Crippen molar-refractivity contribution in [2.24, 2.45) is 5.92 Å².